The normalized spacial score (nSPS) is 16.9. The summed E-state index contributed by atoms with van der Waals surface area (Å²) in [7, 11) is 0. The van der Waals surface area contributed by atoms with E-state index < -0.39 is 17.9 Å². The van der Waals surface area contributed by atoms with Gasteiger partial charge in [0, 0.05) is 16.7 Å². The number of rotatable bonds is 6. The van der Waals surface area contributed by atoms with Crippen molar-refractivity contribution < 1.29 is 19.1 Å². The molecule has 3 rings (SSSR count). The van der Waals surface area contributed by atoms with Gasteiger partial charge in [0.15, 0.2) is 0 Å². The number of carbonyl (C=O) groups excluding carboxylic acids is 1. The molecular formula is C20H17Cl2NO4S2. The van der Waals surface area contributed by atoms with E-state index in [4.69, 9.17) is 39.8 Å². The van der Waals surface area contributed by atoms with E-state index in [2.05, 4.69) is 0 Å². The second kappa shape index (κ2) is 8.92. The maximum absolute atomic E-state index is 12.8. The van der Waals surface area contributed by atoms with Gasteiger partial charge in [0.1, 0.15) is 21.9 Å². The first-order valence-corrected chi connectivity index (χ1v) is 10.7. The average Bonchev–Trinajstić information content (AvgIpc) is 3.20. The largest absolute Gasteiger partial charge is 0.480 e. The number of furan rings is 1. The first-order chi connectivity index (χ1) is 13.7. The van der Waals surface area contributed by atoms with Crippen LogP contribution in [0.1, 0.15) is 26.0 Å². The van der Waals surface area contributed by atoms with Crippen LogP contribution in [-0.2, 0) is 9.59 Å². The molecule has 0 aliphatic carbocycles. The molecule has 2 aromatic rings. The highest BCUT2D eigenvalue weighted by Gasteiger charge is 2.40. The summed E-state index contributed by atoms with van der Waals surface area (Å²) in [6.45, 7) is 3.80. The molecule has 29 heavy (non-hydrogen) atoms. The van der Waals surface area contributed by atoms with Gasteiger partial charge in [-0.05, 0) is 42.7 Å². The molecule has 152 valence electrons. The Morgan fingerprint density at radius 2 is 2.03 bits per heavy atom. The SMILES string of the molecule is CC(C)C[C@H](C(=O)O)N1C(=O)/C(=C\c2ccc(-c3cc(Cl)ccc3Cl)o2)SC1=S. The first kappa shape index (κ1) is 21.9. The van der Waals surface area contributed by atoms with Gasteiger partial charge in [-0.25, -0.2) is 4.79 Å². The Labute approximate surface area is 187 Å². The minimum Gasteiger partial charge on any atom is -0.480 e. The van der Waals surface area contributed by atoms with E-state index in [9.17, 15) is 14.7 Å². The predicted octanol–water partition coefficient (Wildman–Crippen LogP) is 5.95. The average molecular weight is 470 g/mol. The predicted molar refractivity (Wildman–Crippen MR) is 120 cm³/mol. The Kier molecular flexibility index (Phi) is 6.73. The zero-order valence-electron chi connectivity index (χ0n) is 15.5. The molecule has 1 aromatic carbocycles. The molecule has 1 aliphatic heterocycles. The maximum Gasteiger partial charge on any atom is 0.326 e. The molecule has 1 aromatic heterocycles. The highest BCUT2D eigenvalue weighted by molar-refractivity contribution is 8.26. The van der Waals surface area contributed by atoms with Crippen LogP contribution in [0.25, 0.3) is 17.4 Å². The number of nitrogens with zero attached hydrogens (tertiary/aromatic N) is 1. The van der Waals surface area contributed by atoms with E-state index in [-0.39, 0.29) is 10.2 Å². The Morgan fingerprint density at radius 3 is 2.69 bits per heavy atom. The Bertz CT molecular complexity index is 1020. The molecule has 1 saturated heterocycles. The fraction of sp³-hybridized carbons (Fsp3) is 0.250. The van der Waals surface area contributed by atoms with Gasteiger partial charge in [0.25, 0.3) is 5.91 Å². The molecular weight excluding hydrogens is 453 g/mol. The van der Waals surface area contributed by atoms with Crippen molar-refractivity contribution >= 4 is 69.5 Å². The Hall–Kier alpha value is -1.80. The van der Waals surface area contributed by atoms with Gasteiger partial charge < -0.3 is 9.52 Å². The van der Waals surface area contributed by atoms with E-state index >= 15 is 0 Å². The molecule has 9 heteroatoms. The number of aliphatic carboxylic acids is 1. The molecule has 5 nitrogen and oxygen atoms in total. The Morgan fingerprint density at radius 1 is 1.31 bits per heavy atom. The van der Waals surface area contributed by atoms with Crippen LogP contribution in [0.3, 0.4) is 0 Å². The third-order valence-corrected chi connectivity index (χ3v) is 6.10. The molecule has 0 saturated carbocycles. The number of thioether (sulfide) groups is 1. The number of halogens is 2. The molecule has 2 heterocycles. The summed E-state index contributed by atoms with van der Waals surface area (Å²) < 4.78 is 6.02. The van der Waals surface area contributed by atoms with E-state index in [1.807, 2.05) is 13.8 Å². The van der Waals surface area contributed by atoms with Gasteiger partial charge in [-0.3, -0.25) is 9.69 Å². The molecule has 0 spiro atoms. The van der Waals surface area contributed by atoms with Crippen molar-refractivity contribution in [2.75, 3.05) is 0 Å². The van der Waals surface area contributed by atoms with Crippen molar-refractivity contribution in [3.63, 3.8) is 0 Å². The second-order valence-corrected chi connectivity index (χ2v) is 9.38. The number of thiocarbonyl (C=S) groups is 1. The van der Waals surface area contributed by atoms with Crippen LogP contribution in [-0.4, -0.2) is 32.2 Å². The number of benzene rings is 1. The summed E-state index contributed by atoms with van der Waals surface area (Å²) in [6, 6.07) is 7.47. The quantitative estimate of drug-likeness (QED) is 0.415. The number of carboxylic acid groups (broad SMARTS) is 1. The third-order valence-electron chi connectivity index (χ3n) is 4.21. The van der Waals surface area contributed by atoms with Crippen molar-refractivity contribution in [3.05, 3.63) is 51.0 Å². The fourth-order valence-corrected chi connectivity index (χ4v) is 4.62. The fourth-order valence-electron chi connectivity index (χ4n) is 2.90. The van der Waals surface area contributed by atoms with E-state index in [1.165, 1.54) is 4.90 Å². The maximum atomic E-state index is 12.8. The van der Waals surface area contributed by atoms with Gasteiger partial charge in [-0.2, -0.15) is 0 Å². The van der Waals surface area contributed by atoms with Crippen LogP contribution >= 0.6 is 47.2 Å². The lowest BCUT2D eigenvalue weighted by Crippen LogP contribution is -2.44. The molecule has 1 aliphatic rings. The third kappa shape index (κ3) is 4.86. The molecule has 1 amide bonds. The van der Waals surface area contributed by atoms with Crippen molar-refractivity contribution in [2.45, 2.75) is 26.3 Å². The van der Waals surface area contributed by atoms with Crippen LogP contribution in [0.2, 0.25) is 10.0 Å². The van der Waals surface area contributed by atoms with Crippen LogP contribution in [0.4, 0.5) is 0 Å². The number of amides is 1. The van der Waals surface area contributed by atoms with Crippen molar-refractivity contribution in [3.8, 4) is 11.3 Å². The lowest BCUT2D eigenvalue weighted by atomic mass is 10.0. The molecule has 1 atom stereocenters. The number of carboxylic acids is 1. The minimum absolute atomic E-state index is 0.0970. The summed E-state index contributed by atoms with van der Waals surface area (Å²) in [5.74, 6) is -0.492. The molecule has 0 radical (unpaired) electrons. The summed E-state index contributed by atoms with van der Waals surface area (Å²) in [4.78, 5) is 26.0. The van der Waals surface area contributed by atoms with Crippen LogP contribution in [0.5, 0.6) is 0 Å². The zero-order chi connectivity index (χ0) is 21.3. The number of carbonyl (C=O) groups is 2. The summed E-state index contributed by atoms with van der Waals surface area (Å²) in [5.41, 5.74) is 0.634. The second-order valence-electron chi connectivity index (χ2n) is 6.86. The lowest BCUT2D eigenvalue weighted by Gasteiger charge is -2.24. The molecule has 0 unspecified atom stereocenters. The highest BCUT2D eigenvalue weighted by atomic mass is 35.5. The van der Waals surface area contributed by atoms with Crippen molar-refractivity contribution in [1.29, 1.82) is 0 Å². The minimum atomic E-state index is -1.08. The van der Waals surface area contributed by atoms with Gasteiger partial charge in [-0.15, -0.1) is 0 Å². The molecule has 1 fully saturated rings. The smallest absolute Gasteiger partial charge is 0.326 e. The van der Waals surface area contributed by atoms with Crippen LogP contribution in [0.15, 0.2) is 39.7 Å². The molecule has 1 N–H and O–H groups in total. The van der Waals surface area contributed by atoms with Crippen LogP contribution < -0.4 is 0 Å². The highest BCUT2D eigenvalue weighted by Crippen LogP contribution is 2.37. The van der Waals surface area contributed by atoms with E-state index in [1.54, 1.807) is 36.4 Å². The van der Waals surface area contributed by atoms with Gasteiger partial charge in [-0.1, -0.05) is 61.0 Å². The number of hydrogen-bond acceptors (Lipinski definition) is 5. The van der Waals surface area contributed by atoms with Gasteiger partial charge in [0.05, 0.1) is 9.93 Å². The van der Waals surface area contributed by atoms with Gasteiger partial charge >= 0.3 is 5.97 Å². The standard InChI is InChI=1S/C20H17Cl2NO4S2/c1-10(2)7-15(19(25)26)23-18(24)17(29-20(23)28)9-12-4-6-16(27-12)13-8-11(21)3-5-14(13)22/h3-6,8-10,15H,7H2,1-2H3,(H,25,26)/b17-9+/t15-/m1/s1. The summed E-state index contributed by atoms with van der Waals surface area (Å²) in [6.07, 6.45) is 1.86. The van der Waals surface area contributed by atoms with Crippen molar-refractivity contribution in [2.24, 2.45) is 5.92 Å². The number of hydrogen-bond donors (Lipinski definition) is 1. The first-order valence-electron chi connectivity index (χ1n) is 8.72. The topological polar surface area (TPSA) is 70.8 Å². The summed E-state index contributed by atoms with van der Waals surface area (Å²) in [5, 5.41) is 10.6. The lowest BCUT2D eigenvalue weighted by molar-refractivity contribution is -0.145. The summed E-state index contributed by atoms with van der Waals surface area (Å²) >= 11 is 18.6. The van der Waals surface area contributed by atoms with Crippen molar-refractivity contribution in [1.82, 2.24) is 4.90 Å². The van der Waals surface area contributed by atoms with E-state index in [0.717, 1.165) is 11.8 Å². The van der Waals surface area contributed by atoms with Crippen LogP contribution in [0, 0.1) is 5.92 Å². The Balaban J connectivity index is 1.87. The van der Waals surface area contributed by atoms with E-state index in [0.29, 0.717) is 38.5 Å². The monoisotopic (exact) mass is 469 g/mol. The molecule has 0 bridgehead atoms. The van der Waals surface area contributed by atoms with Gasteiger partial charge in [0.2, 0.25) is 0 Å². The zero-order valence-corrected chi connectivity index (χ0v) is 18.7.